The second-order valence-corrected chi connectivity index (χ2v) is 10.3. The van der Waals surface area contributed by atoms with E-state index >= 15 is 0 Å². The molecule has 0 unspecified atom stereocenters. The van der Waals surface area contributed by atoms with Gasteiger partial charge >= 0.3 is 0 Å². The molecule has 28 heavy (non-hydrogen) atoms. The van der Waals surface area contributed by atoms with Crippen LogP contribution in [-0.2, 0) is 23.8 Å². The molecule has 1 aromatic heterocycles. The maximum atomic E-state index is 2.52. The normalized spacial score (nSPS) is 27.4. The lowest BCUT2D eigenvalue weighted by atomic mass is 9.70. The monoisotopic (exact) mass is 390 g/mol. The molecule has 0 saturated heterocycles. The van der Waals surface area contributed by atoms with E-state index in [4.69, 9.17) is 0 Å². The molecule has 1 aliphatic carbocycles. The molecule has 3 aromatic rings. The number of fused-ring (bicyclic) bond motifs is 4. The van der Waals surface area contributed by atoms with E-state index in [0.29, 0.717) is 0 Å². The molecule has 1 saturated carbocycles. The minimum absolute atomic E-state index is 0.162. The fourth-order valence-electron chi connectivity index (χ4n) is 5.91. The lowest BCUT2D eigenvalue weighted by molar-refractivity contribution is 0.0834. The van der Waals surface area contributed by atoms with Gasteiger partial charge in [-0.05, 0) is 69.1 Å². The summed E-state index contributed by atoms with van der Waals surface area (Å²) in [6, 6.07) is 20.2. The lowest BCUT2D eigenvalue weighted by Gasteiger charge is -2.51. The fraction of sp³-hybridized carbons (Fsp3) is 0.440. The van der Waals surface area contributed by atoms with Crippen molar-refractivity contribution in [1.82, 2.24) is 9.47 Å². The molecule has 0 amide bonds. The molecule has 0 N–H and O–H groups in total. The van der Waals surface area contributed by atoms with Gasteiger partial charge in [0.25, 0.3) is 0 Å². The zero-order chi connectivity index (χ0) is 19.4. The highest BCUT2D eigenvalue weighted by molar-refractivity contribution is 8.00. The topological polar surface area (TPSA) is 8.17 Å². The Kier molecular flexibility index (Phi) is 4.37. The van der Waals surface area contributed by atoms with Crippen LogP contribution in [0.15, 0.2) is 54.6 Å². The summed E-state index contributed by atoms with van der Waals surface area (Å²) in [6.07, 6.45) is 6.15. The zero-order valence-corrected chi connectivity index (χ0v) is 18.1. The van der Waals surface area contributed by atoms with E-state index in [-0.39, 0.29) is 10.3 Å². The number of nitrogens with zero attached hydrogens (tertiary/aromatic N) is 2. The van der Waals surface area contributed by atoms with Crippen LogP contribution in [0, 0.1) is 0 Å². The van der Waals surface area contributed by atoms with Gasteiger partial charge in [0.1, 0.15) is 0 Å². The largest absolute Gasteiger partial charge is 0.346 e. The second kappa shape index (κ2) is 6.67. The number of thioether (sulfide) groups is 1. The van der Waals surface area contributed by atoms with E-state index in [0.717, 1.165) is 0 Å². The van der Waals surface area contributed by atoms with Gasteiger partial charge in [-0.3, -0.25) is 4.90 Å². The number of rotatable bonds is 2. The first-order chi connectivity index (χ1) is 13.6. The van der Waals surface area contributed by atoms with Gasteiger partial charge in [0, 0.05) is 29.2 Å². The molecule has 0 bridgehead atoms. The molecular formula is C25H30N2S. The van der Waals surface area contributed by atoms with Crippen LogP contribution in [-0.4, -0.2) is 29.3 Å². The van der Waals surface area contributed by atoms with Crippen molar-refractivity contribution in [3.05, 3.63) is 71.4 Å². The molecule has 3 heteroatoms. The van der Waals surface area contributed by atoms with Gasteiger partial charge < -0.3 is 4.57 Å². The first kappa shape index (κ1) is 18.3. The summed E-state index contributed by atoms with van der Waals surface area (Å²) >= 11 is 2.23. The smallest absolute Gasteiger partial charge is 0.0565 e. The van der Waals surface area contributed by atoms with Crippen molar-refractivity contribution in [2.45, 2.75) is 42.4 Å². The number of para-hydroxylation sites is 1. The van der Waals surface area contributed by atoms with Crippen molar-refractivity contribution in [1.29, 1.82) is 0 Å². The standard InChI is InChI=1S/C25H30N2S/c1-26(2)24(19-9-5-4-6-10-19)14-16-25(17-15-24)23-21(13-18-28-25)20-11-7-8-12-22(20)27(23)3/h4-12H,13-18H2,1-3H3. The van der Waals surface area contributed by atoms with Gasteiger partial charge in [0.2, 0.25) is 0 Å². The van der Waals surface area contributed by atoms with Gasteiger partial charge in [0.15, 0.2) is 0 Å². The molecular weight excluding hydrogens is 360 g/mol. The van der Waals surface area contributed by atoms with Crippen LogP contribution < -0.4 is 0 Å². The second-order valence-electron chi connectivity index (χ2n) is 8.79. The van der Waals surface area contributed by atoms with Crippen LogP contribution in [0.2, 0.25) is 0 Å². The first-order valence-corrected chi connectivity index (χ1v) is 11.5. The molecule has 5 rings (SSSR count). The summed E-state index contributed by atoms with van der Waals surface area (Å²) in [5.74, 6) is 1.25. The minimum atomic E-state index is 0.162. The lowest BCUT2D eigenvalue weighted by Crippen LogP contribution is -2.48. The Morgan fingerprint density at radius 2 is 1.57 bits per heavy atom. The van der Waals surface area contributed by atoms with Gasteiger partial charge in [0.05, 0.1) is 4.75 Å². The molecule has 2 heterocycles. The van der Waals surface area contributed by atoms with E-state index in [1.165, 1.54) is 54.3 Å². The summed E-state index contributed by atoms with van der Waals surface area (Å²) in [7, 11) is 6.82. The van der Waals surface area contributed by atoms with Crippen molar-refractivity contribution in [3.8, 4) is 0 Å². The van der Waals surface area contributed by atoms with Crippen molar-refractivity contribution in [2.24, 2.45) is 7.05 Å². The van der Waals surface area contributed by atoms with Gasteiger partial charge in [-0.2, -0.15) is 0 Å². The highest BCUT2D eigenvalue weighted by Gasteiger charge is 2.49. The zero-order valence-electron chi connectivity index (χ0n) is 17.2. The number of hydrogen-bond acceptors (Lipinski definition) is 2. The summed E-state index contributed by atoms with van der Waals surface area (Å²) in [4.78, 5) is 2.48. The predicted octanol–water partition coefficient (Wildman–Crippen LogP) is 5.69. The summed E-state index contributed by atoms with van der Waals surface area (Å²) in [6.45, 7) is 0. The highest BCUT2D eigenvalue weighted by atomic mass is 32.2. The van der Waals surface area contributed by atoms with Crippen LogP contribution in [0.5, 0.6) is 0 Å². The minimum Gasteiger partial charge on any atom is -0.346 e. The number of aryl methyl sites for hydroxylation is 2. The maximum Gasteiger partial charge on any atom is 0.0565 e. The Morgan fingerprint density at radius 1 is 0.893 bits per heavy atom. The highest BCUT2D eigenvalue weighted by Crippen LogP contribution is 2.57. The summed E-state index contributed by atoms with van der Waals surface area (Å²) in [5.41, 5.74) is 6.28. The Morgan fingerprint density at radius 3 is 2.29 bits per heavy atom. The average molecular weight is 391 g/mol. The van der Waals surface area contributed by atoms with E-state index in [2.05, 4.69) is 97.0 Å². The summed E-state index contributed by atoms with van der Waals surface area (Å²) in [5, 5.41) is 1.48. The van der Waals surface area contributed by atoms with Crippen molar-refractivity contribution in [2.75, 3.05) is 19.8 Å². The van der Waals surface area contributed by atoms with Crippen LogP contribution in [0.3, 0.4) is 0 Å². The van der Waals surface area contributed by atoms with Gasteiger partial charge in [-0.1, -0.05) is 48.5 Å². The fourth-order valence-corrected chi connectivity index (χ4v) is 7.50. The number of benzene rings is 2. The maximum absolute atomic E-state index is 2.52. The van der Waals surface area contributed by atoms with Crippen molar-refractivity contribution >= 4 is 22.7 Å². The summed E-state index contributed by atoms with van der Waals surface area (Å²) < 4.78 is 2.79. The third-order valence-corrected chi connectivity index (χ3v) is 8.99. The Labute approximate surface area is 172 Å². The molecule has 1 aliphatic heterocycles. The molecule has 2 nitrogen and oxygen atoms in total. The first-order valence-electron chi connectivity index (χ1n) is 10.5. The predicted molar refractivity (Wildman–Crippen MR) is 121 cm³/mol. The van der Waals surface area contributed by atoms with Crippen LogP contribution in [0.25, 0.3) is 10.9 Å². The van der Waals surface area contributed by atoms with Gasteiger partial charge in [-0.15, -0.1) is 11.8 Å². The number of aromatic nitrogens is 1. The third-order valence-electron chi connectivity index (χ3n) is 7.43. The Balaban J connectivity index is 1.57. The number of hydrogen-bond donors (Lipinski definition) is 0. The third kappa shape index (κ3) is 2.52. The van der Waals surface area contributed by atoms with Gasteiger partial charge in [-0.25, -0.2) is 0 Å². The SMILES string of the molecule is CN(C)C1(c2ccccc2)CCC2(CC1)SCCc1c2n(C)c2ccccc12. The Hall–Kier alpha value is -1.71. The molecule has 146 valence electrons. The van der Waals surface area contributed by atoms with Crippen LogP contribution in [0.4, 0.5) is 0 Å². The van der Waals surface area contributed by atoms with Crippen molar-refractivity contribution in [3.63, 3.8) is 0 Å². The molecule has 1 spiro atoms. The van der Waals surface area contributed by atoms with E-state index < -0.39 is 0 Å². The Bertz CT molecular complexity index is 994. The average Bonchev–Trinajstić information content (AvgIpc) is 3.03. The van der Waals surface area contributed by atoms with Crippen molar-refractivity contribution < 1.29 is 0 Å². The van der Waals surface area contributed by atoms with Crippen LogP contribution >= 0.6 is 11.8 Å². The molecule has 1 fully saturated rings. The molecule has 2 aromatic carbocycles. The van der Waals surface area contributed by atoms with Crippen LogP contribution in [0.1, 0.15) is 42.5 Å². The quantitative estimate of drug-likeness (QED) is 0.555. The van der Waals surface area contributed by atoms with E-state index in [1.807, 2.05) is 0 Å². The molecule has 2 aliphatic rings. The molecule has 0 atom stereocenters. The molecule has 0 radical (unpaired) electrons. The van der Waals surface area contributed by atoms with E-state index in [9.17, 15) is 0 Å². The van der Waals surface area contributed by atoms with E-state index in [1.54, 1.807) is 11.3 Å².